The van der Waals surface area contributed by atoms with E-state index in [9.17, 15) is 15.3 Å². The maximum Gasteiger partial charge on any atom is 0.212 e. The van der Waals surface area contributed by atoms with E-state index in [-0.39, 0.29) is 5.75 Å². The van der Waals surface area contributed by atoms with Crippen molar-refractivity contribution in [3.63, 3.8) is 0 Å². The van der Waals surface area contributed by atoms with E-state index < -0.39 is 37.3 Å². The van der Waals surface area contributed by atoms with Crippen molar-refractivity contribution < 1.29 is 35.1 Å². The zero-order chi connectivity index (χ0) is 16.1. The minimum absolute atomic E-state index is 0.155. The van der Waals surface area contributed by atoms with Crippen molar-refractivity contribution in [2.24, 2.45) is 0 Å². The van der Waals surface area contributed by atoms with Gasteiger partial charge in [0, 0.05) is 6.20 Å². The molecule has 122 valence electrons. The third kappa shape index (κ3) is 3.95. The normalized spacial score (nSPS) is 32.3. The molecule has 1 aromatic rings. The van der Waals surface area contributed by atoms with Crippen LogP contribution < -0.4 is 5.48 Å². The Balaban J connectivity index is 1.86. The Morgan fingerprint density at radius 2 is 1.77 bits per heavy atom. The first-order valence-electron chi connectivity index (χ1n) is 6.70. The molecule has 1 unspecified atom stereocenters. The summed E-state index contributed by atoms with van der Waals surface area (Å²) in [6.45, 7) is -0.520. The molecule has 1 aliphatic rings. The number of aliphatic hydroxyl groups excluding tert-OH is 4. The lowest BCUT2D eigenvalue weighted by Gasteiger charge is -2.39. The van der Waals surface area contributed by atoms with Gasteiger partial charge in [0.05, 0.1) is 6.61 Å². The molecule has 2 rings (SSSR count). The third-order valence-corrected chi connectivity index (χ3v) is 3.27. The minimum Gasteiger partial charge on any atom is -0.508 e. The van der Waals surface area contributed by atoms with Gasteiger partial charge in [0.15, 0.2) is 0 Å². The maximum atomic E-state index is 9.73. The predicted octanol–water partition coefficient (Wildman–Crippen LogP) is -1.32. The van der Waals surface area contributed by atoms with Gasteiger partial charge in [0.1, 0.15) is 30.2 Å². The van der Waals surface area contributed by atoms with E-state index in [0.29, 0.717) is 0 Å². The number of hydroxylamine groups is 1. The number of rotatable bonds is 5. The summed E-state index contributed by atoms with van der Waals surface area (Å²) >= 11 is 0. The molecule has 6 N–H and O–H groups in total. The zero-order valence-corrected chi connectivity index (χ0v) is 11.6. The molecule has 0 saturated carbocycles. The number of phenolic OH excluding ortho intramolecular Hbond substituents is 1. The van der Waals surface area contributed by atoms with Crippen molar-refractivity contribution in [1.82, 2.24) is 5.48 Å². The molecular formula is C14H19NO7. The monoisotopic (exact) mass is 313 g/mol. The largest absolute Gasteiger partial charge is 0.508 e. The average molecular weight is 313 g/mol. The summed E-state index contributed by atoms with van der Waals surface area (Å²) in [4.78, 5) is 5.05. The van der Waals surface area contributed by atoms with Crippen LogP contribution in [0.4, 0.5) is 0 Å². The predicted molar refractivity (Wildman–Crippen MR) is 75.1 cm³/mol. The van der Waals surface area contributed by atoms with Gasteiger partial charge in [-0.15, -0.1) is 0 Å². The van der Waals surface area contributed by atoms with Crippen LogP contribution in [0.2, 0.25) is 0 Å². The highest BCUT2D eigenvalue weighted by Gasteiger charge is 2.44. The maximum absolute atomic E-state index is 9.73. The molecule has 8 heteroatoms. The molecule has 1 fully saturated rings. The van der Waals surface area contributed by atoms with Crippen LogP contribution in [0.1, 0.15) is 5.56 Å². The molecular weight excluding hydrogens is 294 g/mol. The highest BCUT2D eigenvalue weighted by Crippen LogP contribution is 2.21. The second-order valence-electron chi connectivity index (χ2n) is 4.86. The molecule has 0 spiro atoms. The van der Waals surface area contributed by atoms with Crippen molar-refractivity contribution in [3.05, 3.63) is 36.0 Å². The Morgan fingerprint density at radius 1 is 1.09 bits per heavy atom. The topological polar surface area (TPSA) is 132 Å². The van der Waals surface area contributed by atoms with E-state index in [0.717, 1.165) is 5.56 Å². The van der Waals surface area contributed by atoms with E-state index in [2.05, 4.69) is 5.48 Å². The van der Waals surface area contributed by atoms with Crippen molar-refractivity contribution in [1.29, 1.82) is 0 Å². The minimum atomic E-state index is -1.49. The van der Waals surface area contributed by atoms with Crippen LogP contribution in [0.15, 0.2) is 30.5 Å². The van der Waals surface area contributed by atoms with Gasteiger partial charge in [-0.2, -0.15) is 0 Å². The van der Waals surface area contributed by atoms with Crippen LogP contribution >= 0.6 is 0 Å². The number of hydrogen-bond donors (Lipinski definition) is 6. The number of aliphatic hydroxyl groups is 4. The van der Waals surface area contributed by atoms with Crippen LogP contribution in [-0.4, -0.2) is 62.8 Å². The Morgan fingerprint density at radius 3 is 2.41 bits per heavy atom. The summed E-state index contributed by atoms with van der Waals surface area (Å²) < 4.78 is 5.14. The standard InChI is InChI=1S/C14H19NO7/c16-7-10-11(18)12(19)13(20)14(21-10)22-15-6-5-8-1-3-9(17)4-2-8/h1-6,10-20H,7H2/t10-,11-,12+,13-,14?/m1/s1. The number of phenols is 1. The first-order valence-corrected chi connectivity index (χ1v) is 6.70. The number of hydrogen-bond acceptors (Lipinski definition) is 8. The van der Waals surface area contributed by atoms with Gasteiger partial charge in [-0.1, -0.05) is 12.1 Å². The molecule has 1 heterocycles. The Labute approximate surface area is 126 Å². The summed E-state index contributed by atoms with van der Waals surface area (Å²) in [6.07, 6.45) is -3.58. The van der Waals surface area contributed by atoms with Crippen molar-refractivity contribution in [2.75, 3.05) is 6.61 Å². The van der Waals surface area contributed by atoms with Crippen LogP contribution in [0.25, 0.3) is 6.08 Å². The molecule has 0 aliphatic carbocycles. The van der Waals surface area contributed by atoms with Gasteiger partial charge in [-0.3, -0.25) is 5.48 Å². The quantitative estimate of drug-likeness (QED) is 0.369. The zero-order valence-electron chi connectivity index (χ0n) is 11.6. The average Bonchev–Trinajstić information content (AvgIpc) is 2.53. The molecule has 8 nitrogen and oxygen atoms in total. The summed E-state index contributed by atoms with van der Waals surface area (Å²) in [7, 11) is 0. The smallest absolute Gasteiger partial charge is 0.212 e. The Kier molecular flexibility index (Phi) is 5.72. The lowest BCUT2D eigenvalue weighted by molar-refractivity contribution is -0.312. The van der Waals surface area contributed by atoms with Gasteiger partial charge in [-0.25, -0.2) is 4.84 Å². The van der Waals surface area contributed by atoms with Crippen LogP contribution in [0.5, 0.6) is 5.75 Å². The second kappa shape index (κ2) is 7.54. The highest BCUT2D eigenvalue weighted by molar-refractivity contribution is 5.49. The van der Waals surface area contributed by atoms with E-state index in [1.165, 1.54) is 18.3 Å². The number of aromatic hydroxyl groups is 1. The number of benzene rings is 1. The lowest BCUT2D eigenvalue weighted by Crippen LogP contribution is -2.59. The summed E-state index contributed by atoms with van der Waals surface area (Å²) in [5.74, 6) is 0.155. The summed E-state index contributed by atoms with van der Waals surface area (Å²) in [6, 6.07) is 6.42. The molecule has 0 bridgehead atoms. The van der Waals surface area contributed by atoms with E-state index in [1.54, 1.807) is 18.2 Å². The fourth-order valence-electron chi connectivity index (χ4n) is 1.99. The van der Waals surface area contributed by atoms with E-state index in [4.69, 9.17) is 19.8 Å². The fourth-order valence-corrected chi connectivity index (χ4v) is 1.99. The molecule has 1 aromatic carbocycles. The Bertz CT molecular complexity index is 490. The number of nitrogens with one attached hydrogen (secondary N) is 1. The summed E-state index contributed by atoms with van der Waals surface area (Å²) in [5.41, 5.74) is 3.22. The van der Waals surface area contributed by atoms with Crippen molar-refractivity contribution >= 4 is 6.08 Å². The SMILES string of the molecule is OC[C@H]1OC(ONC=Cc2ccc(O)cc2)[C@H](O)[C@@H](O)[C@@H]1O. The van der Waals surface area contributed by atoms with Gasteiger partial charge < -0.3 is 30.3 Å². The first-order chi connectivity index (χ1) is 10.5. The van der Waals surface area contributed by atoms with Gasteiger partial charge in [0.2, 0.25) is 6.29 Å². The molecule has 0 amide bonds. The van der Waals surface area contributed by atoms with Crippen LogP contribution in [0.3, 0.4) is 0 Å². The number of ether oxygens (including phenoxy) is 1. The molecule has 5 atom stereocenters. The van der Waals surface area contributed by atoms with Crippen LogP contribution in [0, 0.1) is 0 Å². The second-order valence-corrected chi connectivity index (χ2v) is 4.86. The molecule has 1 aliphatic heterocycles. The first kappa shape index (κ1) is 16.7. The van der Waals surface area contributed by atoms with E-state index in [1.807, 2.05) is 0 Å². The lowest BCUT2D eigenvalue weighted by atomic mass is 9.99. The third-order valence-electron chi connectivity index (χ3n) is 3.27. The van der Waals surface area contributed by atoms with Gasteiger partial charge in [0.25, 0.3) is 0 Å². The highest BCUT2D eigenvalue weighted by atomic mass is 16.8. The van der Waals surface area contributed by atoms with E-state index >= 15 is 0 Å². The molecule has 22 heavy (non-hydrogen) atoms. The van der Waals surface area contributed by atoms with Crippen LogP contribution in [-0.2, 0) is 9.57 Å². The Hall–Kier alpha value is -1.68. The molecule has 0 radical (unpaired) electrons. The molecule has 1 saturated heterocycles. The fraction of sp³-hybridized carbons (Fsp3) is 0.429. The van der Waals surface area contributed by atoms with Crippen molar-refractivity contribution in [2.45, 2.75) is 30.7 Å². The van der Waals surface area contributed by atoms with Gasteiger partial charge >= 0.3 is 0 Å². The molecule has 0 aromatic heterocycles. The summed E-state index contributed by atoms with van der Waals surface area (Å²) in [5, 5.41) is 47.1. The van der Waals surface area contributed by atoms with Gasteiger partial charge in [-0.05, 0) is 23.8 Å². The van der Waals surface area contributed by atoms with Crippen molar-refractivity contribution in [3.8, 4) is 5.75 Å².